The number of hydrogen-bond acceptors (Lipinski definition) is 3. The number of carbonyl (C=O) groups is 2. The highest BCUT2D eigenvalue weighted by Crippen LogP contribution is 2.07. The van der Waals surface area contributed by atoms with Gasteiger partial charge >= 0.3 is 6.03 Å². The molecule has 5 heteroatoms. The Labute approximate surface area is 71.1 Å². The summed E-state index contributed by atoms with van der Waals surface area (Å²) in [7, 11) is 1.60. The van der Waals surface area contributed by atoms with Gasteiger partial charge in [-0.3, -0.25) is 9.69 Å². The summed E-state index contributed by atoms with van der Waals surface area (Å²) in [6, 6.07) is -0.415. The van der Waals surface area contributed by atoms with Crippen molar-refractivity contribution in [3.63, 3.8) is 0 Å². The van der Waals surface area contributed by atoms with Crippen LogP contribution in [0.15, 0.2) is 0 Å². The lowest BCUT2D eigenvalue weighted by molar-refractivity contribution is -0.125. The summed E-state index contributed by atoms with van der Waals surface area (Å²) in [5, 5.41) is 0. The fourth-order valence-corrected chi connectivity index (χ4v) is 1.14. The van der Waals surface area contributed by atoms with Gasteiger partial charge in [0.1, 0.15) is 6.54 Å². The van der Waals surface area contributed by atoms with Crippen LogP contribution >= 0.6 is 0 Å². The Morgan fingerprint density at radius 1 is 1.58 bits per heavy atom. The van der Waals surface area contributed by atoms with Crippen molar-refractivity contribution in [3.05, 3.63) is 0 Å². The van der Waals surface area contributed by atoms with Gasteiger partial charge in [-0.15, -0.1) is 0 Å². The molecule has 1 fully saturated rings. The van der Waals surface area contributed by atoms with Crippen molar-refractivity contribution in [1.29, 1.82) is 0 Å². The highest BCUT2D eigenvalue weighted by atomic mass is 16.2. The van der Waals surface area contributed by atoms with Crippen LogP contribution in [0, 0.1) is 0 Å². The first-order valence-electron chi connectivity index (χ1n) is 3.83. The van der Waals surface area contributed by atoms with Crippen LogP contribution in [0.1, 0.15) is 6.92 Å². The number of imide groups is 1. The summed E-state index contributed by atoms with van der Waals surface area (Å²) in [6.07, 6.45) is 0. The minimum Gasteiger partial charge on any atom is -0.326 e. The van der Waals surface area contributed by atoms with E-state index in [1.807, 2.05) is 0 Å². The number of nitrogens with two attached hydrogens (primary N) is 1. The average Bonchev–Trinajstić information content (AvgIpc) is 2.16. The molecule has 0 aromatic rings. The SMILES string of the molecule is CC(N)CN1C(=O)CN(C)C1=O. The van der Waals surface area contributed by atoms with E-state index >= 15 is 0 Å². The van der Waals surface area contributed by atoms with Crippen LogP contribution in [0.25, 0.3) is 0 Å². The summed E-state index contributed by atoms with van der Waals surface area (Å²) in [5.41, 5.74) is 5.48. The van der Waals surface area contributed by atoms with Crippen LogP contribution in [0.3, 0.4) is 0 Å². The van der Waals surface area contributed by atoms with E-state index in [9.17, 15) is 9.59 Å². The molecule has 1 atom stereocenters. The van der Waals surface area contributed by atoms with Crippen LogP contribution in [0.2, 0.25) is 0 Å². The van der Waals surface area contributed by atoms with E-state index < -0.39 is 0 Å². The third-order valence-electron chi connectivity index (χ3n) is 1.70. The van der Waals surface area contributed by atoms with E-state index in [2.05, 4.69) is 0 Å². The minimum absolute atomic E-state index is 0.163. The number of rotatable bonds is 2. The van der Waals surface area contributed by atoms with E-state index in [-0.39, 0.29) is 24.5 Å². The Morgan fingerprint density at radius 3 is 2.50 bits per heavy atom. The molecule has 0 aromatic heterocycles. The maximum atomic E-state index is 11.2. The van der Waals surface area contributed by atoms with Gasteiger partial charge in [0.05, 0.1) is 0 Å². The maximum Gasteiger partial charge on any atom is 0.327 e. The van der Waals surface area contributed by atoms with E-state index in [1.165, 1.54) is 9.80 Å². The molecule has 0 aromatic carbocycles. The van der Waals surface area contributed by atoms with Crippen molar-refractivity contribution in [2.75, 3.05) is 20.1 Å². The van der Waals surface area contributed by atoms with Gasteiger partial charge in [0.15, 0.2) is 0 Å². The molecule has 1 heterocycles. The van der Waals surface area contributed by atoms with Crippen molar-refractivity contribution >= 4 is 11.9 Å². The Morgan fingerprint density at radius 2 is 2.17 bits per heavy atom. The van der Waals surface area contributed by atoms with E-state index in [4.69, 9.17) is 5.73 Å². The van der Waals surface area contributed by atoms with Crippen molar-refractivity contribution in [2.45, 2.75) is 13.0 Å². The molecule has 2 N–H and O–H groups in total. The highest BCUT2D eigenvalue weighted by molar-refractivity contribution is 6.01. The Kier molecular flexibility index (Phi) is 2.32. The first-order chi connectivity index (χ1) is 5.52. The second-order valence-corrected chi connectivity index (χ2v) is 3.12. The molecule has 1 saturated heterocycles. The van der Waals surface area contributed by atoms with Gasteiger partial charge in [0, 0.05) is 19.6 Å². The van der Waals surface area contributed by atoms with E-state index in [1.54, 1.807) is 14.0 Å². The third-order valence-corrected chi connectivity index (χ3v) is 1.70. The quantitative estimate of drug-likeness (QED) is 0.555. The molecule has 1 aliphatic rings. The molecule has 0 saturated carbocycles. The summed E-state index contributed by atoms with van der Waals surface area (Å²) in [6.45, 7) is 2.24. The second kappa shape index (κ2) is 3.10. The number of urea groups is 1. The van der Waals surface area contributed by atoms with E-state index in [0.29, 0.717) is 6.54 Å². The molecule has 1 unspecified atom stereocenters. The van der Waals surface area contributed by atoms with Gasteiger partial charge in [-0.2, -0.15) is 0 Å². The fourth-order valence-electron chi connectivity index (χ4n) is 1.14. The number of amides is 3. The molecule has 68 valence electrons. The topological polar surface area (TPSA) is 66.6 Å². The average molecular weight is 171 g/mol. The largest absolute Gasteiger partial charge is 0.327 e. The van der Waals surface area contributed by atoms with Crippen molar-refractivity contribution in [3.8, 4) is 0 Å². The summed E-state index contributed by atoms with van der Waals surface area (Å²) in [4.78, 5) is 24.9. The first kappa shape index (κ1) is 8.99. The molecule has 3 amide bonds. The van der Waals surface area contributed by atoms with E-state index in [0.717, 1.165) is 0 Å². The molecule has 0 bridgehead atoms. The third kappa shape index (κ3) is 1.55. The number of hydrogen-bond donors (Lipinski definition) is 1. The monoisotopic (exact) mass is 171 g/mol. The number of likely N-dealkylation sites (N-methyl/N-ethyl adjacent to an activating group) is 1. The van der Waals surface area contributed by atoms with Crippen LogP contribution < -0.4 is 5.73 Å². The van der Waals surface area contributed by atoms with Gasteiger partial charge in [-0.05, 0) is 6.92 Å². The van der Waals surface area contributed by atoms with Crippen molar-refractivity contribution < 1.29 is 9.59 Å². The van der Waals surface area contributed by atoms with Gasteiger partial charge in [0.2, 0.25) is 5.91 Å². The molecule has 0 radical (unpaired) electrons. The number of nitrogens with zero attached hydrogens (tertiary/aromatic N) is 2. The standard InChI is InChI=1S/C7H13N3O2/c1-5(8)3-10-6(11)4-9(2)7(10)12/h5H,3-4,8H2,1-2H3. The molecule has 5 nitrogen and oxygen atoms in total. The summed E-state index contributed by atoms with van der Waals surface area (Å²) >= 11 is 0. The molecule has 0 spiro atoms. The van der Waals surface area contributed by atoms with Crippen molar-refractivity contribution in [1.82, 2.24) is 9.80 Å². The fraction of sp³-hybridized carbons (Fsp3) is 0.714. The molecular formula is C7H13N3O2. The minimum atomic E-state index is -0.252. The van der Waals surface area contributed by atoms with Gasteiger partial charge in [0.25, 0.3) is 0 Å². The maximum absolute atomic E-state index is 11.2. The molecule has 0 aliphatic carbocycles. The Bertz CT molecular complexity index is 215. The Balaban J connectivity index is 2.64. The normalized spacial score (nSPS) is 20.6. The molecular weight excluding hydrogens is 158 g/mol. The van der Waals surface area contributed by atoms with Crippen LogP contribution in [0.4, 0.5) is 4.79 Å². The molecule has 12 heavy (non-hydrogen) atoms. The zero-order chi connectivity index (χ0) is 9.30. The Hall–Kier alpha value is -1.10. The van der Waals surface area contributed by atoms with Crippen LogP contribution in [0.5, 0.6) is 0 Å². The second-order valence-electron chi connectivity index (χ2n) is 3.12. The molecule has 1 aliphatic heterocycles. The van der Waals surface area contributed by atoms with Gasteiger partial charge < -0.3 is 10.6 Å². The lowest BCUT2D eigenvalue weighted by Crippen LogP contribution is -2.40. The highest BCUT2D eigenvalue weighted by Gasteiger charge is 2.33. The lowest BCUT2D eigenvalue weighted by Gasteiger charge is -2.15. The number of carbonyl (C=O) groups excluding carboxylic acids is 2. The molecule has 1 rings (SSSR count). The summed E-state index contributed by atoms with van der Waals surface area (Å²) < 4.78 is 0. The first-order valence-corrected chi connectivity index (χ1v) is 3.83. The predicted octanol–water partition coefficient (Wildman–Crippen LogP) is -0.772. The van der Waals surface area contributed by atoms with Crippen LogP contribution in [-0.4, -0.2) is 47.9 Å². The zero-order valence-electron chi connectivity index (χ0n) is 7.28. The predicted molar refractivity (Wildman–Crippen MR) is 43.4 cm³/mol. The van der Waals surface area contributed by atoms with Gasteiger partial charge in [-0.25, -0.2) is 4.79 Å². The van der Waals surface area contributed by atoms with Crippen LogP contribution in [-0.2, 0) is 4.79 Å². The zero-order valence-corrected chi connectivity index (χ0v) is 7.28. The lowest BCUT2D eigenvalue weighted by atomic mass is 10.3. The van der Waals surface area contributed by atoms with Crippen molar-refractivity contribution in [2.24, 2.45) is 5.73 Å². The smallest absolute Gasteiger partial charge is 0.326 e. The summed E-state index contributed by atoms with van der Waals surface area (Å²) in [5.74, 6) is -0.167. The van der Waals surface area contributed by atoms with Gasteiger partial charge in [-0.1, -0.05) is 0 Å².